The Balaban J connectivity index is 1.88. The molecule has 2 rings (SSSR count). The Morgan fingerprint density at radius 1 is 1.04 bits per heavy atom. The Labute approximate surface area is 169 Å². The van der Waals surface area contributed by atoms with E-state index in [1.54, 1.807) is 37.1 Å². The minimum atomic E-state index is -0.462. The van der Waals surface area contributed by atoms with Crippen LogP contribution in [0.3, 0.4) is 0 Å². The smallest absolute Gasteiger partial charge is 0.238 e. The van der Waals surface area contributed by atoms with Crippen LogP contribution in [-0.4, -0.2) is 36.3 Å². The Morgan fingerprint density at radius 3 is 2.33 bits per heavy atom. The summed E-state index contributed by atoms with van der Waals surface area (Å²) in [7, 11) is 1.73. The summed E-state index contributed by atoms with van der Waals surface area (Å²) in [4.78, 5) is 26.4. The maximum Gasteiger partial charge on any atom is 0.238 e. The van der Waals surface area contributed by atoms with Gasteiger partial charge < -0.3 is 10.6 Å². The fourth-order valence-corrected chi connectivity index (χ4v) is 2.80. The molecule has 0 saturated heterocycles. The predicted octanol–water partition coefficient (Wildman–Crippen LogP) is 4.13. The molecule has 144 valence electrons. The molecule has 0 radical (unpaired) electrons. The second kappa shape index (κ2) is 9.74. The number of carbonyl (C=O) groups is 2. The van der Waals surface area contributed by atoms with E-state index < -0.39 is 6.04 Å². The van der Waals surface area contributed by atoms with E-state index in [2.05, 4.69) is 10.6 Å². The van der Waals surface area contributed by atoms with Crippen LogP contribution in [0.1, 0.15) is 25.5 Å². The van der Waals surface area contributed by atoms with Gasteiger partial charge in [0.15, 0.2) is 0 Å². The molecule has 2 atom stereocenters. The van der Waals surface area contributed by atoms with Gasteiger partial charge in [-0.05, 0) is 44.7 Å². The van der Waals surface area contributed by atoms with E-state index in [-0.39, 0.29) is 24.4 Å². The van der Waals surface area contributed by atoms with Crippen molar-refractivity contribution in [2.45, 2.75) is 25.9 Å². The fourth-order valence-electron chi connectivity index (χ4n) is 2.50. The van der Waals surface area contributed by atoms with Crippen molar-refractivity contribution in [1.29, 1.82) is 0 Å². The van der Waals surface area contributed by atoms with E-state index in [1.165, 1.54) is 0 Å². The number of likely N-dealkylation sites (N-methyl/N-ethyl adjacent to an activating group) is 1. The lowest BCUT2D eigenvalue weighted by atomic mass is 10.1. The van der Waals surface area contributed by atoms with Crippen molar-refractivity contribution < 1.29 is 9.59 Å². The molecule has 2 N–H and O–H groups in total. The van der Waals surface area contributed by atoms with Gasteiger partial charge in [-0.2, -0.15) is 0 Å². The number of rotatable bonds is 7. The number of amides is 2. The highest BCUT2D eigenvalue weighted by Gasteiger charge is 2.22. The van der Waals surface area contributed by atoms with Crippen molar-refractivity contribution >= 4 is 40.7 Å². The van der Waals surface area contributed by atoms with E-state index in [4.69, 9.17) is 23.2 Å². The lowest BCUT2D eigenvalue weighted by molar-refractivity contribution is -0.127. The average molecular weight is 408 g/mol. The van der Waals surface area contributed by atoms with Gasteiger partial charge in [-0.25, -0.2) is 0 Å². The third-order valence-corrected chi connectivity index (χ3v) is 5.03. The summed E-state index contributed by atoms with van der Waals surface area (Å²) in [5.41, 5.74) is 1.58. The first kappa shape index (κ1) is 21.2. The minimum Gasteiger partial charge on any atom is -0.348 e. The molecule has 0 heterocycles. The fraction of sp³-hybridized carbons (Fsp3) is 0.300. The Kier molecular flexibility index (Phi) is 7.66. The number of halogens is 2. The first-order valence-corrected chi connectivity index (χ1v) is 9.34. The molecule has 7 heteroatoms. The Hall–Kier alpha value is -2.08. The van der Waals surface area contributed by atoms with Crippen molar-refractivity contribution in [3.63, 3.8) is 0 Å². The van der Waals surface area contributed by atoms with Gasteiger partial charge in [0.25, 0.3) is 0 Å². The zero-order valence-corrected chi connectivity index (χ0v) is 17.0. The highest BCUT2D eigenvalue weighted by molar-refractivity contribution is 6.42. The molecule has 0 unspecified atom stereocenters. The minimum absolute atomic E-state index is 0.0640. The number of nitrogens with one attached hydrogen (secondary N) is 2. The van der Waals surface area contributed by atoms with Crippen LogP contribution in [0.15, 0.2) is 48.5 Å². The second-order valence-electron chi connectivity index (χ2n) is 6.41. The molecule has 0 aliphatic rings. The number of anilines is 1. The number of benzene rings is 2. The van der Waals surface area contributed by atoms with E-state index in [0.29, 0.717) is 15.7 Å². The molecule has 2 aromatic carbocycles. The van der Waals surface area contributed by atoms with Crippen LogP contribution in [0.2, 0.25) is 10.0 Å². The Bertz CT molecular complexity index is 799. The summed E-state index contributed by atoms with van der Waals surface area (Å²) in [6.07, 6.45) is 0. The standard InChI is InChI=1S/C20H23Cl2N3O2/c1-13(15-7-5-4-6-8-15)23-20(27)14(2)25(3)12-19(26)24-16-9-10-17(21)18(22)11-16/h4-11,13-14H,12H2,1-3H3,(H,23,27)(H,24,26)/t13-,14+/m1/s1. The van der Waals surface area contributed by atoms with Crippen LogP contribution in [0.25, 0.3) is 0 Å². The zero-order chi connectivity index (χ0) is 20.0. The molecule has 0 spiro atoms. The van der Waals surface area contributed by atoms with Gasteiger partial charge in [0.2, 0.25) is 11.8 Å². The molecule has 0 aromatic heterocycles. The molecular formula is C20H23Cl2N3O2. The van der Waals surface area contributed by atoms with Crippen molar-refractivity contribution in [3.05, 3.63) is 64.1 Å². The lowest BCUT2D eigenvalue weighted by Gasteiger charge is -2.25. The summed E-state index contributed by atoms with van der Waals surface area (Å²) < 4.78 is 0. The third kappa shape index (κ3) is 6.24. The van der Waals surface area contributed by atoms with Gasteiger partial charge in [-0.1, -0.05) is 53.5 Å². The highest BCUT2D eigenvalue weighted by Crippen LogP contribution is 2.25. The van der Waals surface area contributed by atoms with Gasteiger partial charge in [-0.3, -0.25) is 14.5 Å². The molecule has 2 aromatic rings. The molecule has 2 amide bonds. The largest absolute Gasteiger partial charge is 0.348 e. The van der Waals surface area contributed by atoms with Gasteiger partial charge >= 0.3 is 0 Å². The van der Waals surface area contributed by atoms with Crippen LogP contribution in [0.5, 0.6) is 0 Å². The van der Waals surface area contributed by atoms with E-state index >= 15 is 0 Å². The third-order valence-electron chi connectivity index (χ3n) is 4.30. The van der Waals surface area contributed by atoms with Crippen molar-refractivity contribution in [3.8, 4) is 0 Å². The maximum absolute atomic E-state index is 12.5. The number of hydrogen-bond donors (Lipinski definition) is 2. The van der Waals surface area contributed by atoms with E-state index in [1.807, 2.05) is 37.3 Å². The first-order chi connectivity index (χ1) is 12.8. The molecule has 0 fully saturated rings. The van der Waals surface area contributed by atoms with Crippen LogP contribution < -0.4 is 10.6 Å². The molecule has 0 bridgehead atoms. The Morgan fingerprint density at radius 2 is 1.70 bits per heavy atom. The zero-order valence-electron chi connectivity index (χ0n) is 15.5. The monoisotopic (exact) mass is 407 g/mol. The second-order valence-corrected chi connectivity index (χ2v) is 7.22. The normalized spacial score (nSPS) is 13.1. The van der Waals surface area contributed by atoms with Gasteiger partial charge in [0, 0.05) is 5.69 Å². The maximum atomic E-state index is 12.5. The van der Waals surface area contributed by atoms with Crippen LogP contribution in [-0.2, 0) is 9.59 Å². The summed E-state index contributed by atoms with van der Waals surface area (Å²) in [6.45, 7) is 3.75. The summed E-state index contributed by atoms with van der Waals surface area (Å²) >= 11 is 11.8. The molecule has 0 aliphatic heterocycles. The quantitative estimate of drug-likeness (QED) is 0.724. The van der Waals surface area contributed by atoms with Gasteiger partial charge in [0.1, 0.15) is 0 Å². The lowest BCUT2D eigenvalue weighted by Crippen LogP contribution is -2.46. The number of carbonyl (C=O) groups excluding carboxylic acids is 2. The highest BCUT2D eigenvalue weighted by atomic mass is 35.5. The van der Waals surface area contributed by atoms with Crippen LogP contribution in [0.4, 0.5) is 5.69 Å². The van der Waals surface area contributed by atoms with Crippen molar-refractivity contribution in [1.82, 2.24) is 10.2 Å². The summed E-state index contributed by atoms with van der Waals surface area (Å²) in [5, 5.41) is 6.50. The van der Waals surface area contributed by atoms with Crippen LogP contribution in [0, 0.1) is 0 Å². The summed E-state index contributed by atoms with van der Waals surface area (Å²) in [6, 6.07) is 14.0. The van der Waals surface area contributed by atoms with E-state index in [9.17, 15) is 9.59 Å². The SMILES string of the molecule is C[C@@H](NC(=O)[C@H](C)N(C)CC(=O)Nc1ccc(Cl)c(Cl)c1)c1ccccc1. The number of nitrogens with zero attached hydrogens (tertiary/aromatic N) is 1. The first-order valence-electron chi connectivity index (χ1n) is 8.58. The van der Waals surface area contributed by atoms with Gasteiger partial charge in [0.05, 0.1) is 28.7 Å². The topological polar surface area (TPSA) is 61.4 Å². The predicted molar refractivity (Wildman–Crippen MR) is 110 cm³/mol. The molecular weight excluding hydrogens is 385 g/mol. The molecule has 5 nitrogen and oxygen atoms in total. The molecule has 0 saturated carbocycles. The van der Waals surface area contributed by atoms with Crippen LogP contribution >= 0.6 is 23.2 Å². The average Bonchev–Trinajstić information content (AvgIpc) is 2.64. The number of hydrogen-bond acceptors (Lipinski definition) is 3. The molecule has 27 heavy (non-hydrogen) atoms. The van der Waals surface area contributed by atoms with Gasteiger partial charge in [-0.15, -0.1) is 0 Å². The van der Waals surface area contributed by atoms with Crippen molar-refractivity contribution in [2.24, 2.45) is 0 Å². The molecule has 0 aliphatic carbocycles. The van der Waals surface area contributed by atoms with Crippen molar-refractivity contribution in [2.75, 3.05) is 18.9 Å². The summed E-state index contributed by atoms with van der Waals surface area (Å²) in [5.74, 6) is -0.386. The van der Waals surface area contributed by atoms with E-state index in [0.717, 1.165) is 5.56 Å².